The largest absolute Gasteiger partial charge is 0.299 e. The molecule has 1 saturated carbocycles. The molecule has 0 radical (unpaired) electrons. The average molecular weight is 428 g/mol. The van der Waals surface area contributed by atoms with Crippen LogP contribution in [0.25, 0.3) is 0 Å². The Balaban J connectivity index is 1.56. The summed E-state index contributed by atoms with van der Waals surface area (Å²) in [5.74, 6) is -0.513. The zero-order valence-electron chi connectivity index (χ0n) is 15.7. The normalized spacial score (nSPS) is 15.9. The summed E-state index contributed by atoms with van der Waals surface area (Å²) in [5, 5.41) is 12.0. The van der Waals surface area contributed by atoms with E-state index in [2.05, 4.69) is 15.5 Å². The molecule has 1 N–H and O–H groups in total. The van der Waals surface area contributed by atoms with Gasteiger partial charge in [0.25, 0.3) is 0 Å². The van der Waals surface area contributed by atoms with E-state index in [4.69, 9.17) is 0 Å². The topological polar surface area (TPSA) is 89.0 Å². The third-order valence-electron chi connectivity index (χ3n) is 5.28. The molecule has 1 aromatic heterocycles. The molecule has 29 heavy (non-hydrogen) atoms. The van der Waals surface area contributed by atoms with E-state index in [1.807, 2.05) is 30.3 Å². The Morgan fingerprint density at radius 3 is 2.24 bits per heavy atom. The highest BCUT2D eigenvalue weighted by Gasteiger charge is 2.53. The maximum Gasteiger partial charge on any atom is 0.248 e. The lowest BCUT2D eigenvalue weighted by atomic mass is 10.1. The molecule has 150 valence electrons. The summed E-state index contributed by atoms with van der Waals surface area (Å²) in [4.78, 5) is 13.4. The van der Waals surface area contributed by atoms with Gasteiger partial charge in [-0.2, -0.15) is 0 Å². The van der Waals surface area contributed by atoms with E-state index in [0.717, 1.165) is 10.6 Å². The number of carbonyl (C=O) groups excluding carboxylic acids is 1. The summed E-state index contributed by atoms with van der Waals surface area (Å²) in [6, 6.07) is 18.1. The van der Waals surface area contributed by atoms with E-state index in [-0.39, 0.29) is 4.90 Å². The molecule has 0 unspecified atom stereocenters. The fourth-order valence-electron chi connectivity index (χ4n) is 3.75. The number of hydrogen-bond acceptors (Lipinski definition) is 6. The molecule has 2 aromatic carbocycles. The van der Waals surface area contributed by atoms with Crippen molar-refractivity contribution >= 4 is 32.2 Å². The van der Waals surface area contributed by atoms with Crippen molar-refractivity contribution in [2.45, 2.75) is 41.7 Å². The number of anilines is 1. The van der Waals surface area contributed by atoms with Crippen molar-refractivity contribution in [2.75, 3.05) is 5.32 Å². The van der Waals surface area contributed by atoms with Crippen molar-refractivity contribution in [1.29, 1.82) is 0 Å². The van der Waals surface area contributed by atoms with Gasteiger partial charge in [-0.1, -0.05) is 72.7 Å². The van der Waals surface area contributed by atoms with Crippen LogP contribution >= 0.6 is 11.3 Å². The lowest BCUT2D eigenvalue weighted by Gasteiger charge is -2.27. The van der Waals surface area contributed by atoms with Crippen LogP contribution in [0.4, 0.5) is 5.13 Å². The fraction of sp³-hybridized carbons (Fsp3) is 0.286. The maximum atomic E-state index is 13.3. The molecule has 0 aliphatic heterocycles. The Kier molecular flexibility index (Phi) is 5.47. The average Bonchev–Trinajstić information content (AvgIpc) is 3.40. The van der Waals surface area contributed by atoms with Gasteiger partial charge in [0.15, 0.2) is 14.6 Å². The Morgan fingerprint density at radius 1 is 0.966 bits per heavy atom. The Labute approximate surface area is 173 Å². The molecule has 8 heteroatoms. The summed E-state index contributed by atoms with van der Waals surface area (Å²) in [6.07, 6.45) is 2.64. The van der Waals surface area contributed by atoms with Crippen molar-refractivity contribution in [3.63, 3.8) is 0 Å². The number of aromatic nitrogens is 2. The van der Waals surface area contributed by atoms with Gasteiger partial charge in [0, 0.05) is 6.42 Å². The first-order valence-corrected chi connectivity index (χ1v) is 11.8. The van der Waals surface area contributed by atoms with Gasteiger partial charge in [0.1, 0.15) is 5.01 Å². The summed E-state index contributed by atoms with van der Waals surface area (Å²) in [5.41, 5.74) is 1.10. The molecule has 1 aliphatic carbocycles. The zero-order valence-corrected chi connectivity index (χ0v) is 17.4. The van der Waals surface area contributed by atoms with Gasteiger partial charge in [-0.15, -0.1) is 10.2 Å². The first kappa shape index (κ1) is 19.7. The second-order valence-corrected chi connectivity index (χ2v) is 10.5. The van der Waals surface area contributed by atoms with Gasteiger partial charge in [-0.3, -0.25) is 10.1 Å². The molecular weight excluding hydrogens is 406 g/mol. The third kappa shape index (κ3) is 3.82. The second-order valence-electron chi connectivity index (χ2n) is 7.14. The van der Waals surface area contributed by atoms with E-state index in [9.17, 15) is 13.2 Å². The van der Waals surface area contributed by atoms with Gasteiger partial charge in [-0.05, 0) is 30.5 Å². The Hall–Kier alpha value is -2.58. The van der Waals surface area contributed by atoms with Crippen LogP contribution < -0.4 is 5.32 Å². The number of benzene rings is 2. The maximum absolute atomic E-state index is 13.3. The van der Waals surface area contributed by atoms with Crippen molar-refractivity contribution in [1.82, 2.24) is 10.2 Å². The number of sulfone groups is 1. The van der Waals surface area contributed by atoms with E-state index >= 15 is 0 Å². The highest BCUT2D eigenvalue weighted by Crippen LogP contribution is 2.41. The molecule has 4 rings (SSSR count). The predicted octanol–water partition coefficient (Wildman–Crippen LogP) is 3.85. The molecule has 1 aliphatic rings. The van der Waals surface area contributed by atoms with Crippen molar-refractivity contribution < 1.29 is 13.2 Å². The molecule has 0 atom stereocenters. The van der Waals surface area contributed by atoms with Crippen molar-refractivity contribution in [3.05, 3.63) is 71.2 Å². The van der Waals surface area contributed by atoms with E-state index in [1.54, 1.807) is 30.3 Å². The first-order valence-electron chi connectivity index (χ1n) is 9.49. The smallest absolute Gasteiger partial charge is 0.248 e. The molecule has 1 heterocycles. The molecule has 1 amide bonds. The quantitative estimate of drug-likeness (QED) is 0.645. The van der Waals surface area contributed by atoms with Crippen LogP contribution in [-0.2, 0) is 21.1 Å². The number of nitrogens with zero attached hydrogens (tertiary/aromatic N) is 2. The summed E-state index contributed by atoms with van der Waals surface area (Å²) < 4.78 is 25.2. The van der Waals surface area contributed by atoms with Crippen LogP contribution in [0.5, 0.6) is 0 Å². The summed E-state index contributed by atoms with van der Waals surface area (Å²) >= 11 is 1.27. The van der Waals surface area contributed by atoms with E-state index in [1.165, 1.54) is 11.3 Å². The van der Waals surface area contributed by atoms with Crippen LogP contribution in [0.3, 0.4) is 0 Å². The standard InChI is InChI=1S/C21H21N3O3S2/c25-19(22-20-24-23-18(28-20)15-16-9-3-1-4-10-16)21(13-7-8-14-21)29(26,27)17-11-5-2-6-12-17/h1-6,9-12H,7-8,13-15H2,(H,22,24,25). The Morgan fingerprint density at radius 2 is 1.59 bits per heavy atom. The summed E-state index contributed by atoms with van der Waals surface area (Å²) in [6.45, 7) is 0. The molecule has 0 spiro atoms. The number of hydrogen-bond donors (Lipinski definition) is 1. The lowest BCUT2D eigenvalue weighted by Crippen LogP contribution is -2.47. The van der Waals surface area contributed by atoms with Gasteiger partial charge < -0.3 is 0 Å². The zero-order chi connectivity index (χ0) is 20.3. The summed E-state index contributed by atoms with van der Waals surface area (Å²) in [7, 11) is -3.82. The minimum absolute atomic E-state index is 0.180. The molecular formula is C21H21N3O3S2. The van der Waals surface area contributed by atoms with Crippen molar-refractivity contribution in [2.24, 2.45) is 0 Å². The molecule has 0 saturated heterocycles. The van der Waals surface area contributed by atoms with Crippen LogP contribution in [-0.4, -0.2) is 29.3 Å². The SMILES string of the molecule is O=C(Nc1nnc(Cc2ccccc2)s1)C1(S(=O)(=O)c2ccccc2)CCCC1. The molecule has 0 bridgehead atoms. The van der Waals surface area contributed by atoms with Crippen LogP contribution in [0.2, 0.25) is 0 Å². The first-order chi connectivity index (χ1) is 14.0. The predicted molar refractivity (Wildman–Crippen MR) is 113 cm³/mol. The number of nitrogens with one attached hydrogen (secondary N) is 1. The second kappa shape index (κ2) is 8.04. The fourth-order valence-corrected chi connectivity index (χ4v) is 6.60. The van der Waals surface area contributed by atoms with Gasteiger partial charge in [-0.25, -0.2) is 8.42 Å². The monoisotopic (exact) mass is 427 g/mol. The highest BCUT2D eigenvalue weighted by atomic mass is 32.2. The lowest BCUT2D eigenvalue weighted by molar-refractivity contribution is -0.118. The molecule has 3 aromatic rings. The van der Waals surface area contributed by atoms with Crippen LogP contribution in [0.1, 0.15) is 36.3 Å². The number of carbonyl (C=O) groups is 1. The van der Waals surface area contributed by atoms with Gasteiger partial charge in [0.2, 0.25) is 11.0 Å². The van der Waals surface area contributed by atoms with Gasteiger partial charge in [0.05, 0.1) is 4.90 Å². The van der Waals surface area contributed by atoms with E-state index in [0.29, 0.717) is 37.2 Å². The molecule has 1 fully saturated rings. The number of rotatable bonds is 6. The third-order valence-corrected chi connectivity index (χ3v) is 8.63. The minimum Gasteiger partial charge on any atom is -0.299 e. The number of amides is 1. The molecule has 6 nitrogen and oxygen atoms in total. The highest BCUT2D eigenvalue weighted by molar-refractivity contribution is 7.93. The van der Waals surface area contributed by atoms with Crippen LogP contribution in [0.15, 0.2) is 65.6 Å². The minimum atomic E-state index is -3.82. The Bertz CT molecular complexity index is 1090. The van der Waals surface area contributed by atoms with Crippen LogP contribution in [0, 0.1) is 0 Å². The van der Waals surface area contributed by atoms with E-state index < -0.39 is 20.5 Å². The van der Waals surface area contributed by atoms with Crippen molar-refractivity contribution in [3.8, 4) is 0 Å². The van der Waals surface area contributed by atoms with Gasteiger partial charge >= 0.3 is 0 Å².